The summed E-state index contributed by atoms with van der Waals surface area (Å²) in [6, 6.07) is 7.01. The van der Waals surface area contributed by atoms with Crippen LogP contribution in [0.1, 0.15) is 10.5 Å². The largest absolute Gasteiger partial charge is 0.319 e. The standard InChI is InChI=1S/C12H12ClN3O/c1-15-7-11(16(2)8-15)12(17)14-10-5-3-9(13)4-6-10/h3-8H,1-2H3/p+1. The van der Waals surface area contributed by atoms with Gasteiger partial charge in [0.1, 0.15) is 6.20 Å². The Balaban J connectivity index is 2.17. The highest BCUT2D eigenvalue weighted by molar-refractivity contribution is 6.30. The summed E-state index contributed by atoms with van der Waals surface area (Å²) in [6.07, 6.45) is 3.60. The lowest BCUT2D eigenvalue weighted by molar-refractivity contribution is -0.671. The molecule has 17 heavy (non-hydrogen) atoms. The molecule has 2 aromatic rings. The first kappa shape index (κ1) is 11.7. The smallest absolute Gasteiger partial charge is 0.299 e. The van der Waals surface area contributed by atoms with Gasteiger partial charge in [-0.05, 0) is 24.3 Å². The van der Waals surface area contributed by atoms with Crippen LogP contribution in [0.5, 0.6) is 0 Å². The van der Waals surface area contributed by atoms with Gasteiger partial charge in [-0.2, -0.15) is 0 Å². The van der Waals surface area contributed by atoms with Crippen LogP contribution in [-0.2, 0) is 14.1 Å². The van der Waals surface area contributed by atoms with Gasteiger partial charge >= 0.3 is 0 Å². The van der Waals surface area contributed by atoms with Gasteiger partial charge in [-0.3, -0.25) is 4.79 Å². The van der Waals surface area contributed by atoms with E-state index in [0.717, 1.165) is 5.69 Å². The molecule has 0 aliphatic heterocycles. The number of aryl methyl sites for hydroxylation is 2. The van der Waals surface area contributed by atoms with Gasteiger partial charge in [0.15, 0.2) is 0 Å². The molecule has 1 N–H and O–H groups in total. The number of imidazole rings is 1. The lowest BCUT2D eigenvalue weighted by Gasteiger charge is -2.02. The molecule has 0 fully saturated rings. The van der Waals surface area contributed by atoms with Gasteiger partial charge in [0, 0.05) is 10.7 Å². The fourth-order valence-corrected chi connectivity index (χ4v) is 1.73. The second-order valence-electron chi connectivity index (χ2n) is 3.87. The van der Waals surface area contributed by atoms with Crippen molar-refractivity contribution in [3.63, 3.8) is 0 Å². The molecular formula is C12H13ClN3O+. The number of amides is 1. The van der Waals surface area contributed by atoms with E-state index in [2.05, 4.69) is 5.32 Å². The van der Waals surface area contributed by atoms with Crippen LogP contribution in [0.4, 0.5) is 5.69 Å². The molecule has 1 amide bonds. The minimum Gasteiger partial charge on any atom is -0.319 e. The van der Waals surface area contributed by atoms with Gasteiger partial charge in [0.05, 0.1) is 14.1 Å². The zero-order chi connectivity index (χ0) is 12.4. The van der Waals surface area contributed by atoms with Crippen molar-refractivity contribution in [3.05, 3.63) is 47.5 Å². The van der Waals surface area contributed by atoms with Crippen molar-refractivity contribution in [1.29, 1.82) is 0 Å². The van der Waals surface area contributed by atoms with Crippen LogP contribution in [0.25, 0.3) is 0 Å². The fourth-order valence-electron chi connectivity index (χ4n) is 1.60. The predicted molar refractivity (Wildman–Crippen MR) is 66.0 cm³/mol. The van der Waals surface area contributed by atoms with Gasteiger partial charge in [-0.25, -0.2) is 9.13 Å². The van der Waals surface area contributed by atoms with E-state index in [-0.39, 0.29) is 5.91 Å². The molecule has 0 spiro atoms. The molecule has 4 nitrogen and oxygen atoms in total. The van der Waals surface area contributed by atoms with Crippen LogP contribution in [0.15, 0.2) is 36.8 Å². The Morgan fingerprint density at radius 3 is 2.53 bits per heavy atom. The summed E-state index contributed by atoms with van der Waals surface area (Å²) in [5.74, 6) is -0.143. The van der Waals surface area contributed by atoms with Crippen molar-refractivity contribution in [3.8, 4) is 0 Å². The predicted octanol–water partition coefficient (Wildman–Crippen LogP) is 1.76. The topological polar surface area (TPSA) is 37.9 Å². The first-order valence-corrected chi connectivity index (χ1v) is 5.52. The summed E-state index contributed by atoms with van der Waals surface area (Å²) >= 11 is 5.77. The molecular weight excluding hydrogens is 238 g/mol. The Labute approximate surface area is 104 Å². The molecule has 1 aromatic carbocycles. The molecule has 88 valence electrons. The van der Waals surface area contributed by atoms with Crippen LogP contribution in [-0.4, -0.2) is 10.5 Å². The maximum Gasteiger partial charge on any atom is 0.299 e. The number of halogens is 1. The average Bonchev–Trinajstić information content (AvgIpc) is 2.61. The normalized spacial score (nSPS) is 10.3. The third-order valence-corrected chi connectivity index (χ3v) is 2.65. The van der Waals surface area contributed by atoms with E-state index < -0.39 is 0 Å². The van der Waals surface area contributed by atoms with Gasteiger partial charge < -0.3 is 5.32 Å². The Bertz CT molecular complexity index is 545. The number of aromatic nitrogens is 2. The highest BCUT2D eigenvalue weighted by Crippen LogP contribution is 2.14. The summed E-state index contributed by atoms with van der Waals surface area (Å²) in [5, 5.41) is 3.45. The number of nitrogens with one attached hydrogen (secondary N) is 1. The monoisotopic (exact) mass is 250 g/mol. The second-order valence-corrected chi connectivity index (χ2v) is 4.30. The number of nitrogens with zero attached hydrogens (tertiary/aromatic N) is 2. The van der Waals surface area contributed by atoms with E-state index >= 15 is 0 Å². The molecule has 0 radical (unpaired) electrons. The molecule has 1 aromatic heterocycles. The third-order valence-electron chi connectivity index (χ3n) is 2.40. The molecule has 0 aliphatic carbocycles. The van der Waals surface area contributed by atoms with E-state index in [1.807, 2.05) is 25.0 Å². The van der Waals surface area contributed by atoms with Crippen LogP contribution < -0.4 is 9.88 Å². The van der Waals surface area contributed by atoms with Crippen molar-refractivity contribution in [1.82, 2.24) is 4.57 Å². The van der Waals surface area contributed by atoms with Crippen LogP contribution in [0.2, 0.25) is 5.02 Å². The van der Waals surface area contributed by atoms with Crippen LogP contribution >= 0.6 is 11.6 Å². The van der Waals surface area contributed by atoms with E-state index in [1.54, 1.807) is 35.0 Å². The summed E-state index contributed by atoms with van der Waals surface area (Å²) in [4.78, 5) is 12.0. The number of benzene rings is 1. The zero-order valence-corrected chi connectivity index (χ0v) is 10.4. The first-order chi connectivity index (χ1) is 8.06. The molecule has 0 saturated carbocycles. The number of carbonyl (C=O) groups excluding carboxylic acids is 1. The summed E-state index contributed by atoms with van der Waals surface area (Å²) < 4.78 is 3.60. The highest BCUT2D eigenvalue weighted by Gasteiger charge is 2.16. The molecule has 2 rings (SSSR count). The molecule has 0 atom stereocenters. The highest BCUT2D eigenvalue weighted by atomic mass is 35.5. The van der Waals surface area contributed by atoms with E-state index in [1.165, 1.54) is 0 Å². The van der Waals surface area contributed by atoms with Crippen molar-refractivity contribution >= 4 is 23.2 Å². The van der Waals surface area contributed by atoms with Crippen molar-refractivity contribution < 1.29 is 9.36 Å². The Kier molecular flexibility index (Phi) is 3.15. The molecule has 0 saturated heterocycles. The van der Waals surface area contributed by atoms with Crippen LogP contribution in [0.3, 0.4) is 0 Å². The molecule has 5 heteroatoms. The maximum absolute atomic E-state index is 12.0. The van der Waals surface area contributed by atoms with Gasteiger partial charge in [0.2, 0.25) is 12.0 Å². The molecule has 1 heterocycles. The van der Waals surface area contributed by atoms with Crippen LogP contribution in [0, 0.1) is 0 Å². The Hall–Kier alpha value is -1.81. The number of hydrogen-bond donors (Lipinski definition) is 1. The lowest BCUT2D eigenvalue weighted by atomic mass is 10.3. The fraction of sp³-hybridized carbons (Fsp3) is 0.167. The summed E-state index contributed by atoms with van der Waals surface area (Å²) in [6.45, 7) is 0. The van der Waals surface area contributed by atoms with Gasteiger partial charge in [-0.15, -0.1) is 0 Å². The second kappa shape index (κ2) is 4.59. The number of anilines is 1. The molecule has 0 aliphatic rings. The minimum atomic E-state index is -0.143. The van der Waals surface area contributed by atoms with Crippen molar-refractivity contribution in [2.45, 2.75) is 0 Å². The van der Waals surface area contributed by atoms with E-state index in [9.17, 15) is 4.79 Å². The third kappa shape index (κ3) is 2.65. The quantitative estimate of drug-likeness (QED) is 0.811. The van der Waals surface area contributed by atoms with Gasteiger partial charge in [-0.1, -0.05) is 11.6 Å². The average molecular weight is 251 g/mol. The van der Waals surface area contributed by atoms with Gasteiger partial charge in [0.25, 0.3) is 5.91 Å². The molecule has 0 unspecified atom stereocenters. The van der Waals surface area contributed by atoms with Crippen molar-refractivity contribution in [2.75, 3.05) is 5.32 Å². The van der Waals surface area contributed by atoms with E-state index in [4.69, 9.17) is 11.6 Å². The minimum absolute atomic E-state index is 0.143. The number of hydrogen-bond acceptors (Lipinski definition) is 1. The number of rotatable bonds is 2. The summed E-state index contributed by atoms with van der Waals surface area (Å²) in [5.41, 5.74) is 1.32. The maximum atomic E-state index is 12.0. The summed E-state index contributed by atoms with van der Waals surface area (Å²) in [7, 11) is 3.70. The zero-order valence-electron chi connectivity index (χ0n) is 9.64. The first-order valence-electron chi connectivity index (χ1n) is 5.15. The Morgan fingerprint density at radius 2 is 2.00 bits per heavy atom. The number of carbonyl (C=O) groups is 1. The SMILES string of the molecule is Cn1c[n+](C)cc1C(=O)Nc1ccc(Cl)cc1. The lowest BCUT2D eigenvalue weighted by Crippen LogP contribution is -2.24. The Morgan fingerprint density at radius 1 is 1.35 bits per heavy atom. The van der Waals surface area contributed by atoms with E-state index in [0.29, 0.717) is 10.7 Å². The molecule has 0 bridgehead atoms. The van der Waals surface area contributed by atoms with Crippen molar-refractivity contribution in [2.24, 2.45) is 14.1 Å².